The molecule has 0 atom stereocenters. The standard InChI is InChI=1S/C23H24N4O2/c1-29-21-10-8-20(9-11-21)26-22(28)18-7-5-6-17(14-18)19-15-24-23(25-16-19)27-12-3-2-4-13-27/h5-11,14-16H,2-4,12-13H2,1H3,(H,26,28). The number of carbonyl (C=O) groups is 1. The first-order chi connectivity index (χ1) is 14.2. The molecule has 148 valence electrons. The van der Waals surface area contributed by atoms with Gasteiger partial charge in [0.1, 0.15) is 5.75 Å². The summed E-state index contributed by atoms with van der Waals surface area (Å²) in [6, 6.07) is 14.7. The third-order valence-corrected chi connectivity index (χ3v) is 5.08. The third-order valence-electron chi connectivity index (χ3n) is 5.08. The van der Waals surface area contributed by atoms with Gasteiger partial charge in [-0.25, -0.2) is 9.97 Å². The normalized spacial score (nSPS) is 13.8. The number of hydrogen-bond donors (Lipinski definition) is 1. The lowest BCUT2D eigenvalue weighted by Gasteiger charge is -2.26. The summed E-state index contributed by atoms with van der Waals surface area (Å²) < 4.78 is 5.14. The van der Waals surface area contributed by atoms with Gasteiger partial charge in [0.15, 0.2) is 0 Å². The lowest BCUT2D eigenvalue weighted by Crippen LogP contribution is -2.30. The molecule has 4 rings (SSSR count). The highest BCUT2D eigenvalue weighted by Crippen LogP contribution is 2.22. The zero-order valence-corrected chi connectivity index (χ0v) is 16.5. The van der Waals surface area contributed by atoms with Crippen molar-refractivity contribution in [1.82, 2.24) is 9.97 Å². The number of piperidine rings is 1. The number of benzene rings is 2. The first kappa shape index (κ1) is 18.9. The van der Waals surface area contributed by atoms with E-state index in [0.29, 0.717) is 5.56 Å². The predicted octanol–water partition coefficient (Wildman–Crippen LogP) is 4.39. The Morgan fingerprint density at radius 2 is 1.69 bits per heavy atom. The van der Waals surface area contributed by atoms with Crippen LogP contribution >= 0.6 is 0 Å². The van der Waals surface area contributed by atoms with Crippen molar-refractivity contribution in [3.05, 3.63) is 66.5 Å². The molecule has 1 amide bonds. The summed E-state index contributed by atoms with van der Waals surface area (Å²) in [5.74, 6) is 1.36. The highest BCUT2D eigenvalue weighted by Gasteiger charge is 2.14. The summed E-state index contributed by atoms with van der Waals surface area (Å²) in [5.41, 5.74) is 3.11. The van der Waals surface area contributed by atoms with Gasteiger partial charge in [-0.1, -0.05) is 12.1 Å². The van der Waals surface area contributed by atoms with Crippen LogP contribution in [0.4, 0.5) is 11.6 Å². The van der Waals surface area contributed by atoms with Crippen LogP contribution in [0.2, 0.25) is 0 Å². The molecular formula is C23H24N4O2. The van der Waals surface area contributed by atoms with E-state index >= 15 is 0 Å². The number of anilines is 2. The van der Waals surface area contributed by atoms with E-state index in [9.17, 15) is 4.79 Å². The molecule has 0 spiro atoms. The average Bonchev–Trinajstić information content (AvgIpc) is 2.80. The van der Waals surface area contributed by atoms with E-state index in [2.05, 4.69) is 20.2 Å². The molecule has 0 unspecified atom stereocenters. The summed E-state index contributed by atoms with van der Waals surface area (Å²) in [7, 11) is 1.61. The van der Waals surface area contributed by atoms with Gasteiger partial charge in [0.05, 0.1) is 7.11 Å². The van der Waals surface area contributed by atoms with Crippen molar-refractivity contribution < 1.29 is 9.53 Å². The molecule has 0 aliphatic carbocycles. The molecule has 1 aliphatic rings. The van der Waals surface area contributed by atoms with Crippen LogP contribution in [-0.2, 0) is 0 Å². The van der Waals surface area contributed by atoms with E-state index in [4.69, 9.17) is 4.74 Å². The molecule has 1 aromatic heterocycles. The van der Waals surface area contributed by atoms with Gasteiger partial charge in [-0.05, 0) is 61.2 Å². The second kappa shape index (κ2) is 8.73. The number of rotatable bonds is 5. The SMILES string of the molecule is COc1ccc(NC(=O)c2cccc(-c3cnc(N4CCCCC4)nc3)c2)cc1. The maximum absolute atomic E-state index is 12.6. The molecular weight excluding hydrogens is 364 g/mol. The Hall–Kier alpha value is -3.41. The Kier molecular flexibility index (Phi) is 5.70. The van der Waals surface area contributed by atoms with Crippen LogP contribution in [0.15, 0.2) is 60.9 Å². The quantitative estimate of drug-likeness (QED) is 0.702. The van der Waals surface area contributed by atoms with E-state index in [1.54, 1.807) is 13.2 Å². The Morgan fingerprint density at radius 1 is 0.966 bits per heavy atom. The largest absolute Gasteiger partial charge is 0.497 e. The van der Waals surface area contributed by atoms with Crippen LogP contribution in [0.3, 0.4) is 0 Å². The maximum Gasteiger partial charge on any atom is 0.255 e. The van der Waals surface area contributed by atoms with Crippen molar-refractivity contribution in [3.63, 3.8) is 0 Å². The molecule has 6 nitrogen and oxygen atoms in total. The topological polar surface area (TPSA) is 67.3 Å². The molecule has 1 saturated heterocycles. The van der Waals surface area contributed by atoms with Gasteiger partial charge in [-0.15, -0.1) is 0 Å². The van der Waals surface area contributed by atoms with Gasteiger partial charge in [0, 0.05) is 42.3 Å². The number of ether oxygens (including phenoxy) is 1. The fourth-order valence-electron chi connectivity index (χ4n) is 3.45. The summed E-state index contributed by atoms with van der Waals surface area (Å²) in [6.07, 6.45) is 7.32. The van der Waals surface area contributed by atoms with Gasteiger partial charge < -0.3 is 15.0 Å². The molecule has 2 heterocycles. The van der Waals surface area contributed by atoms with Crippen molar-refractivity contribution in [2.45, 2.75) is 19.3 Å². The molecule has 3 aromatic rings. The number of hydrogen-bond acceptors (Lipinski definition) is 5. The molecule has 2 aromatic carbocycles. The van der Waals surface area contributed by atoms with Crippen molar-refractivity contribution >= 4 is 17.5 Å². The van der Waals surface area contributed by atoms with Crippen LogP contribution in [0.5, 0.6) is 5.75 Å². The first-order valence-corrected chi connectivity index (χ1v) is 9.86. The second-order valence-corrected chi connectivity index (χ2v) is 7.08. The maximum atomic E-state index is 12.6. The minimum absolute atomic E-state index is 0.164. The minimum Gasteiger partial charge on any atom is -0.497 e. The van der Waals surface area contributed by atoms with Crippen molar-refractivity contribution in [2.24, 2.45) is 0 Å². The lowest BCUT2D eigenvalue weighted by atomic mass is 10.1. The van der Waals surface area contributed by atoms with E-state index in [0.717, 1.165) is 41.6 Å². The minimum atomic E-state index is -0.164. The van der Waals surface area contributed by atoms with Crippen LogP contribution in [0, 0.1) is 0 Å². The zero-order chi connectivity index (χ0) is 20.1. The van der Waals surface area contributed by atoms with E-state index in [-0.39, 0.29) is 5.91 Å². The molecule has 0 saturated carbocycles. The zero-order valence-electron chi connectivity index (χ0n) is 16.5. The predicted molar refractivity (Wildman–Crippen MR) is 114 cm³/mol. The summed E-state index contributed by atoms with van der Waals surface area (Å²) in [5, 5.41) is 2.91. The fourth-order valence-corrected chi connectivity index (χ4v) is 3.45. The molecule has 0 radical (unpaired) electrons. The van der Waals surface area contributed by atoms with Crippen molar-refractivity contribution in [2.75, 3.05) is 30.4 Å². The van der Waals surface area contributed by atoms with Gasteiger partial charge in [-0.2, -0.15) is 0 Å². The Labute approximate surface area is 170 Å². The first-order valence-electron chi connectivity index (χ1n) is 9.86. The molecule has 1 aliphatic heterocycles. The van der Waals surface area contributed by atoms with Crippen LogP contribution < -0.4 is 15.0 Å². The fraction of sp³-hybridized carbons (Fsp3) is 0.261. The van der Waals surface area contributed by atoms with Gasteiger partial charge in [-0.3, -0.25) is 4.79 Å². The highest BCUT2D eigenvalue weighted by molar-refractivity contribution is 6.05. The number of aromatic nitrogens is 2. The van der Waals surface area contributed by atoms with Crippen molar-refractivity contribution in [1.29, 1.82) is 0 Å². The summed E-state index contributed by atoms with van der Waals surface area (Å²) >= 11 is 0. The molecule has 0 bridgehead atoms. The lowest BCUT2D eigenvalue weighted by molar-refractivity contribution is 0.102. The third kappa shape index (κ3) is 4.54. The van der Waals surface area contributed by atoms with Gasteiger partial charge in [0.25, 0.3) is 5.91 Å². The Morgan fingerprint density at radius 3 is 2.38 bits per heavy atom. The molecule has 6 heteroatoms. The van der Waals surface area contributed by atoms with Crippen LogP contribution in [-0.4, -0.2) is 36.1 Å². The van der Waals surface area contributed by atoms with Crippen LogP contribution in [0.1, 0.15) is 29.6 Å². The Balaban J connectivity index is 1.48. The average molecular weight is 388 g/mol. The number of amides is 1. The van der Waals surface area contributed by atoms with Crippen LogP contribution in [0.25, 0.3) is 11.1 Å². The smallest absolute Gasteiger partial charge is 0.255 e. The molecule has 1 fully saturated rings. The van der Waals surface area contributed by atoms with E-state index in [1.807, 2.05) is 54.9 Å². The highest BCUT2D eigenvalue weighted by atomic mass is 16.5. The van der Waals surface area contributed by atoms with Crippen molar-refractivity contribution in [3.8, 4) is 16.9 Å². The number of nitrogens with one attached hydrogen (secondary N) is 1. The number of nitrogens with zero attached hydrogens (tertiary/aromatic N) is 3. The monoisotopic (exact) mass is 388 g/mol. The second-order valence-electron chi connectivity index (χ2n) is 7.08. The summed E-state index contributed by atoms with van der Waals surface area (Å²) in [4.78, 5) is 23.9. The molecule has 1 N–H and O–H groups in total. The van der Waals surface area contributed by atoms with Gasteiger partial charge >= 0.3 is 0 Å². The van der Waals surface area contributed by atoms with Gasteiger partial charge in [0.2, 0.25) is 5.95 Å². The Bertz CT molecular complexity index is 965. The molecule has 29 heavy (non-hydrogen) atoms. The number of carbonyl (C=O) groups excluding carboxylic acids is 1. The van der Waals surface area contributed by atoms with E-state index in [1.165, 1.54) is 19.3 Å². The van der Waals surface area contributed by atoms with E-state index < -0.39 is 0 Å². The summed E-state index contributed by atoms with van der Waals surface area (Å²) in [6.45, 7) is 2.03. The number of methoxy groups -OCH3 is 1.